The first-order valence-electron chi connectivity index (χ1n) is 6.97. The van der Waals surface area contributed by atoms with Gasteiger partial charge in [0.05, 0.1) is 0 Å². The fourth-order valence-corrected chi connectivity index (χ4v) is 3.34. The molecular formula is C13H15F7O2. The van der Waals surface area contributed by atoms with E-state index in [-0.39, 0.29) is 25.2 Å². The Labute approximate surface area is 122 Å². The zero-order valence-electron chi connectivity index (χ0n) is 11.5. The summed E-state index contributed by atoms with van der Waals surface area (Å²) in [5.74, 6) is -15.1. The van der Waals surface area contributed by atoms with Crippen molar-refractivity contribution >= 4 is 5.97 Å². The third-order valence-electron chi connectivity index (χ3n) is 4.47. The van der Waals surface area contributed by atoms with Crippen LogP contribution in [0.3, 0.4) is 0 Å². The van der Waals surface area contributed by atoms with E-state index in [0.717, 1.165) is 12.8 Å². The highest BCUT2D eigenvalue weighted by atomic mass is 19.4. The molecule has 0 spiro atoms. The van der Waals surface area contributed by atoms with Crippen molar-refractivity contribution in [3.05, 3.63) is 0 Å². The minimum absolute atomic E-state index is 0.132. The maximum absolute atomic E-state index is 13.3. The number of carbonyl (C=O) groups excluding carboxylic acids is 1. The van der Waals surface area contributed by atoms with Crippen molar-refractivity contribution in [2.75, 3.05) is 0 Å². The zero-order valence-corrected chi connectivity index (χ0v) is 11.5. The molecule has 2 bridgehead atoms. The minimum Gasteiger partial charge on any atom is -0.454 e. The first-order chi connectivity index (χ1) is 9.91. The molecule has 0 aromatic heterocycles. The van der Waals surface area contributed by atoms with Gasteiger partial charge in [-0.25, -0.2) is 4.79 Å². The summed E-state index contributed by atoms with van der Waals surface area (Å²) in [6.07, 6.45) is -3.10. The average molecular weight is 336 g/mol. The molecule has 2 nitrogen and oxygen atoms in total. The first-order valence-corrected chi connectivity index (χ1v) is 6.97. The molecule has 128 valence electrons. The molecule has 0 aliphatic heterocycles. The Morgan fingerprint density at radius 3 is 1.91 bits per heavy atom. The molecule has 2 aliphatic carbocycles. The third kappa shape index (κ3) is 2.78. The molecule has 0 aromatic rings. The molecule has 2 rings (SSSR count). The lowest BCUT2D eigenvalue weighted by molar-refractivity contribution is -0.350. The summed E-state index contributed by atoms with van der Waals surface area (Å²) in [4.78, 5) is 11.4. The molecule has 0 N–H and O–H groups in total. The van der Waals surface area contributed by atoms with E-state index in [9.17, 15) is 35.5 Å². The van der Waals surface area contributed by atoms with Gasteiger partial charge >= 0.3 is 24.0 Å². The minimum atomic E-state index is -6.53. The fourth-order valence-electron chi connectivity index (χ4n) is 3.34. The van der Waals surface area contributed by atoms with E-state index in [1.54, 1.807) is 0 Å². The molecule has 0 aromatic carbocycles. The van der Waals surface area contributed by atoms with Crippen LogP contribution in [-0.4, -0.2) is 29.6 Å². The van der Waals surface area contributed by atoms with Gasteiger partial charge in [-0.15, -0.1) is 0 Å². The highest BCUT2D eigenvalue weighted by Crippen LogP contribution is 2.50. The predicted octanol–water partition coefficient (Wildman–Crippen LogP) is 4.48. The summed E-state index contributed by atoms with van der Waals surface area (Å²) in [6.45, 7) is 0. The Morgan fingerprint density at radius 1 is 0.955 bits per heavy atom. The highest BCUT2D eigenvalue weighted by molar-refractivity contribution is 5.79. The van der Waals surface area contributed by atoms with Gasteiger partial charge in [0.25, 0.3) is 0 Å². The van der Waals surface area contributed by atoms with Gasteiger partial charge in [0, 0.05) is 0 Å². The Morgan fingerprint density at radius 2 is 1.45 bits per heavy atom. The van der Waals surface area contributed by atoms with E-state index in [0.29, 0.717) is 12.8 Å². The number of hydrogen-bond donors (Lipinski definition) is 0. The van der Waals surface area contributed by atoms with Gasteiger partial charge in [0.2, 0.25) is 0 Å². The van der Waals surface area contributed by atoms with E-state index in [2.05, 4.69) is 4.74 Å². The summed E-state index contributed by atoms with van der Waals surface area (Å²) in [7, 11) is 0. The van der Waals surface area contributed by atoms with Crippen molar-refractivity contribution in [1.82, 2.24) is 0 Å². The molecule has 2 saturated carbocycles. The summed E-state index contributed by atoms with van der Waals surface area (Å²) in [6, 6.07) is 0. The molecule has 2 aliphatic rings. The molecule has 0 saturated heterocycles. The molecule has 0 heterocycles. The van der Waals surface area contributed by atoms with E-state index in [1.807, 2.05) is 0 Å². The van der Waals surface area contributed by atoms with Gasteiger partial charge in [-0.2, -0.15) is 30.7 Å². The van der Waals surface area contributed by atoms with E-state index in [4.69, 9.17) is 0 Å². The number of rotatable bonds is 3. The second-order valence-electron chi connectivity index (χ2n) is 6.07. The van der Waals surface area contributed by atoms with E-state index < -0.39 is 29.6 Å². The standard InChI is InChI=1S/C13H15F7O2/c14-11(15,12(16,17)13(18,19)20)9(21)22-10-5-1-3-8(7-10)4-2-6-10/h8H,1-7H2. The molecule has 0 atom stereocenters. The molecular weight excluding hydrogens is 321 g/mol. The fraction of sp³-hybridized carbons (Fsp3) is 0.923. The van der Waals surface area contributed by atoms with Gasteiger partial charge in [-0.05, 0) is 38.0 Å². The largest absolute Gasteiger partial charge is 0.460 e. The Kier molecular flexibility index (Phi) is 4.15. The van der Waals surface area contributed by atoms with Crippen LogP contribution in [0.2, 0.25) is 0 Å². The smallest absolute Gasteiger partial charge is 0.454 e. The Balaban J connectivity index is 2.17. The number of alkyl halides is 7. The number of hydrogen-bond acceptors (Lipinski definition) is 2. The summed E-state index contributed by atoms with van der Waals surface area (Å²) in [5, 5.41) is 0. The van der Waals surface area contributed by atoms with Crippen LogP contribution >= 0.6 is 0 Å². The van der Waals surface area contributed by atoms with Crippen molar-refractivity contribution in [2.45, 2.75) is 68.6 Å². The lowest BCUT2D eigenvalue weighted by Gasteiger charge is -2.45. The van der Waals surface area contributed by atoms with Gasteiger partial charge < -0.3 is 4.74 Å². The molecule has 0 radical (unpaired) electrons. The van der Waals surface area contributed by atoms with Crippen LogP contribution in [0.5, 0.6) is 0 Å². The van der Waals surface area contributed by atoms with Gasteiger partial charge in [0.1, 0.15) is 5.60 Å². The van der Waals surface area contributed by atoms with E-state index >= 15 is 0 Å². The van der Waals surface area contributed by atoms with Crippen LogP contribution in [0, 0.1) is 5.92 Å². The van der Waals surface area contributed by atoms with Crippen LogP contribution in [0.1, 0.15) is 44.9 Å². The lowest BCUT2D eigenvalue weighted by atomic mass is 9.69. The number of halogens is 7. The topological polar surface area (TPSA) is 26.3 Å². The van der Waals surface area contributed by atoms with Crippen molar-refractivity contribution < 1.29 is 40.3 Å². The van der Waals surface area contributed by atoms with Crippen LogP contribution < -0.4 is 0 Å². The highest BCUT2D eigenvalue weighted by Gasteiger charge is 2.77. The summed E-state index contributed by atoms with van der Waals surface area (Å²) < 4.78 is 93.1. The average Bonchev–Trinajstić information content (AvgIpc) is 2.36. The molecule has 2 fully saturated rings. The monoisotopic (exact) mass is 336 g/mol. The maximum atomic E-state index is 13.3. The van der Waals surface area contributed by atoms with Crippen molar-refractivity contribution in [3.63, 3.8) is 0 Å². The zero-order chi connectivity index (χ0) is 16.8. The Bertz CT molecular complexity index is 434. The van der Waals surface area contributed by atoms with Crippen LogP contribution in [0.25, 0.3) is 0 Å². The quantitative estimate of drug-likeness (QED) is 0.561. The number of fused-ring (bicyclic) bond motifs is 2. The van der Waals surface area contributed by atoms with Gasteiger partial charge in [-0.3, -0.25) is 0 Å². The molecule has 22 heavy (non-hydrogen) atoms. The maximum Gasteiger partial charge on any atom is 0.460 e. The molecule has 9 heteroatoms. The van der Waals surface area contributed by atoms with Crippen LogP contribution in [0.15, 0.2) is 0 Å². The first kappa shape index (κ1) is 17.3. The van der Waals surface area contributed by atoms with Gasteiger partial charge in [0.15, 0.2) is 0 Å². The molecule has 0 unspecified atom stereocenters. The number of esters is 1. The van der Waals surface area contributed by atoms with Crippen molar-refractivity contribution in [1.29, 1.82) is 0 Å². The third-order valence-corrected chi connectivity index (χ3v) is 4.47. The second kappa shape index (κ2) is 5.26. The SMILES string of the molecule is O=C(OC12CCCC(CCC1)C2)C(F)(F)C(F)(F)C(F)(F)F. The normalized spacial score (nSPS) is 30.0. The van der Waals surface area contributed by atoms with Crippen molar-refractivity contribution in [3.8, 4) is 0 Å². The second-order valence-corrected chi connectivity index (χ2v) is 6.07. The van der Waals surface area contributed by atoms with Crippen molar-refractivity contribution in [2.24, 2.45) is 5.92 Å². The summed E-state index contributed by atoms with van der Waals surface area (Å²) >= 11 is 0. The van der Waals surface area contributed by atoms with Crippen LogP contribution in [-0.2, 0) is 9.53 Å². The number of carbonyl (C=O) groups is 1. The van der Waals surface area contributed by atoms with Gasteiger partial charge in [-0.1, -0.05) is 12.8 Å². The summed E-state index contributed by atoms with van der Waals surface area (Å²) in [5.41, 5.74) is -1.33. The lowest BCUT2D eigenvalue weighted by Crippen LogP contribution is -2.58. The Hall–Kier alpha value is -1.02. The van der Waals surface area contributed by atoms with E-state index in [1.165, 1.54) is 0 Å². The predicted molar refractivity (Wildman–Crippen MR) is 60.6 cm³/mol. The van der Waals surface area contributed by atoms with Crippen LogP contribution in [0.4, 0.5) is 30.7 Å². The number of ether oxygens (including phenoxy) is 1. The molecule has 0 amide bonds.